The lowest BCUT2D eigenvalue weighted by Gasteiger charge is -2.08. The number of nitrogens with zero attached hydrogens (tertiary/aromatic N) is 2. The molecule has 0 aromatic carbocycles. The summed E-state index contributed by atoms with van der Waals surface area (Å²) < 4.78 is 1.65. The van der Waals surface area contributed by atoms with E-state index in [9.17, 15) is 4.79 Å². The first kappa shape index (κ1) is 8.77. The molecule has 1 heterocycles. The average molecular weight is 168 g/mol. The van der Waals surface area contributed by atoms with Crippen molar-refractivity contribution < 1.29 is 9.90 Å². The number of rotatable bonds is 2. The van der Waals surface area contributed by atoms with E-state index in [0.717, 1.165) is 11.5 Å². The molecule has 12 heavy (non-hydrogen) atoms. The number of aromatic nitrogens is 2. The van der Waals surface area contributed by atoms with Gasteiger partial charge in [0.1, 0.15) is 11.9 Å². The van der Waals surface area contributed by atoms with Crippen LogP contribution in [0.4, 0.5) is 0 Å². The molecule has 0 bridgehead atoms. The molecule has 1 rings (SSSR count). The average Bonchev–Trinajstić information content (AvgIpc) is 2.28. The fourth-order valence-electron chi connectivity index (χ4n) is 1.15. The maximum Gasteiger partial charge on any atom is 0.326 e. The molecule has 1 aromatic heterocycles. The highest BCUT2D eigenvalue weighted by molar-refractivity contribution is 5.71. The van der Waals surface area contributed by atoms with Crippen molar-refractivity contribution in [1.29, 1.82) is 0 Å². The van der Waals surface area contributed by atoms with Crippen molar-refractivity contribution >= 4 is 5.97 Å². The molecule has 4 nitrogen and oxygen atoms in total. The third-order valence-electron chi connectivity index (χ3n) is 1.81. The molecule has 0 aliphatic rings. The Hall–Kier alpha value is -1.32. The standard InChI is InChI=1S/C8H12N2O2/c1-5-4-10(7(3)9-5)6(2)8(11)12/h4,6H,1-3H3,(H,11,12). The highest BCUT2D eigenvalue weighted by Crippen LogP contribution is 2.10. The number of carboxylic acid groups (broad SMARTS) is 1. The molecule has 0 aliphatic carbocycles. The van der Waals surface area contributed by atoms with E-state index in [1.54, 1.807) is 24.6 Å². The third kappa shape index (κ3) is 1.47. The number of carbonyl (C=O) groups is 1. The van der Waals surface area contributed by atoms with Crippen molar-refractivity contribution in [3.8, 4) is 0 Å². The molecule has 0 aliphatic heterocycles. The van der Waals surface area contributed by atoms with Crippen LogP contribution in [0.2, 0.25) is 0 Å². The van der Waals surface area contributed by atoms with Gasteiger partial charge in [-0.3, -0.25) is 0 Å². The van der Waals surface area contributed by atoms with Gasteiger partial charge >= 0.3 is 5.97 Å². The topological polar surface area (TPSA) is 55.1 Å². The van der Waals surface area contributed by atoms with Gasteiger partial charge in [-0.1, -0.05) is 0 Å². The Morgan fingerprint density at radius 1 is 1.67 bits per heavy atom. The van der Waals surface area contributed by atoms with Crippen LogP contribution >= 0.6 is 0 Å². The molecule has 0 spiro atoms. The van der Waals surface area contributed by atoms with E-state index < -0.39 is 12.0 Å². The van der Waals surface area contributed by atoms with E-state index in [-0.39, 0.29) is 0 Å². The van der Waals surface area contributed by atoms with E-state index in [2.05, 4.69) is 4.98 Å². The number of aliphatic carboxylic acids is 1. The summed E-state index contributed by atoms with van der Waals surface area (Å²) in [7, 11) is 0. The zero-order chi connectivity index (χ0) is 9.30. The third-order valence-corrected chi connectivity index (χ3v) is 1.81. The van der Waals surface area contributed by atoms with Gasteiger partial charge in [-0.15, -0.1) is 0 Å². The van der Waals surface area contributed by atoms with Crippen LogP contribution in [-0.2, 0) is 4.79 Å². The number of imidazole rings is 1. The van der Waals surface area contributed by atoms with Gasteiger partial charge in [0, 0.05) is 6.20 Å². The molecule has 1 unspecified atom stereocenters. The molecule has 0 fully saturated rings. The molecule has 1 N–H and O–H groups in total. The Morgan fingerprint density at radius 3 is 2.58 bits per heavy atom. The molecule has 0 amide bonds. The van der Waals surface area contributed by atoms with Gasteiger partial charge in [0.25, 0.3) is 0 Å². The van der Waals surface area contributed by atoms with Crippen molar-refractivity contribution in [2.24, 2.45) is 0 Å². The van der Waals surface area contributed by atoms with Gasteiger partial charge in [0.15, 0.2) is 0 Å². The fraction of sp³-hybridized carbons (Fsp3) is 0.500. The fourth-order valence-corrected chi connectivity index (χ4v) is 1.15. The number of carboxylic acids is 1. The summed E-state index contributed by atoms with van der Waals surface area (Å²) in [5.74, 6) is -0.0992. The zero-order valence-electron chi connectivity index (χ0n) is 7.40. The van der Waals surface area contributed by atoms with Crippen LogP contribution in [0.3, 0.4) is 0 Å². The Balaban J connectivity index is 3.02. The molecular weight excluding hydrogens is 156 g/mol. The largest absolute Gasteiger partial charge is 0.480 e. The van der Waals surface area contributed by atoms with Gasteiger partial charge in [0.2, 0.25) is 0 Å². The SMILES string of the molecule is Cc1cn(C(C)C(=O)O)c(C)n1. The first-order valence-electron chi connectivity index (χ1n) is 3.77. The zero-order valence-corrected chi connectivity index (χ0v) is 7.40. The minimum absolute atomic E-state index is 0.536. The number of aryl methyl sites for hydroxylation is 2. The van der Waals surface area contributed by atoms with Crippen LogP contribution in [0.1, 0.15) is 24.5 Å². The Bertz CT molecular complexity index is 304. The van der Waals surface area contributed by atoms with Crippen LogP contribution in [0, 0.1) is 13.8 Å². The summed E-state index contributed by atoms with van der Waals surface area (Å²) in [6.45, 7) is 5.28. The summed E-state index contributed by atoms with van der Waals surface area (Å²) >= 11 is 0. The normalized spacial score (nSPS) is 12.9. The van der Waals surface area contributed by atoms with Gasteiger partial charge in [-0.2, -0.15) is 0 Å². The van der Waals surface area contributed by atoms with E-state index in [1.807, 2.05) is 6.92 Å². The smallest absolute Gasteiger partial charge is 0.326 e. The molecule has 0 saturated carbocycles. The quantitative estimate of drug-likeness (QED) is 0.720. The molecule has 4 heteroatoms. The Kier molecular flexibility index (Phi) is 2.17. The molecule has 0 saturated heterocycles. The summed E-state index contributed by atoms with van der Waals surface area (Å²) in [5.41, 5.74) is 0.848. The van der Waals surface area contributed by atoms with Crippen molar-refractivity contribution in [3.63, 3.8) is 0 Å². The Morgan fingerprint density at radius 2 is 2.25 bits per heavy atom. The Labute approximate surface area is 70.9 Å². The predicted octanol–water partition coefficient (Wildman–Crippen LogP) is 1.15. The molecule has 66 valence electrons. The van der Waals surface area contributed by atoms with Gasteiger partial charge < -0.3 is 9.67 Å². The summed E-state index contributed by atoms with van der Waals surface area (Å²) in [4.78, 5) is 14.7. The van der Waals surface area contributed by atoms with Crippen LogP contribution in [-0.4, -0.2) is 20.6 Å². The molecule has 1 atom stereocenters. The minimum atomic E-state index is -0.837. The first-order valence-corrected chi connectivity index (χ1v) is 3.77. The van der Waals surface area contributed by atoms with Gasteiger partial charge in [0.05, 0.1) is 5.69 Å². The second-order valence-corrected chi connectivity index (χ2v) is 2.85. The predicted molar refractivity (Wildman–Crippen MR) is 44.0 cm³/mol. The first-order chi connectivity index (χ1) is 5.52. The maximum atomic E-state index is 10.6. The molecule has 0 radical (unpaired) electrons. The number of hydrogen-bond donors (Lipinski definition) is 1. The van der Waals surface area contributed by atoms with E-state index in [4.69, 9.17) is 5.11 Å². The van der Waals surface area contributed by atoms with E-state index >= 15 is 0 Å². The summed E-state index contributed by atoms with van der Waals surface area (Å²) in [6, 6.07) is -0.536. The lowest BCUT2D eigenvalue weighted by atomic mass is 10.3. The van der Waals surface area contributed by atoms with Crippen LogP contribution in [0.25, 0.3) is 0 Å². The highest BCUT2D eigenvalue weighted by atomic mass is 16.4. The monoisotopic (exact) mass is 168 g/mol. The van der Waals surface area contributed by atoms with Gasteiger partial charge in [-0.05, 0) is 20.8 Å². The van der Waals surface area contributed by atoms with Crippen molar-refractivity contribution in [2.45, 2.75) is 26.8 Å². The van der Waals surface area contributed by atoms with Crippen molar-refractivity contribution in [3.05, 3.63) is 17.7 Å². The van der Waals surface area contributed by atoms with Gasteiger partial charge in [-0.25, -0.2) is 9.78 Å². The summed E-state index contributed by atoms with van der Waals surface area (Å²) in [5, 5.41) is 8.72. The van der Waals surface area contributed by atoms with Crippen LogP contribution in [0.15, 0.2) is 6.20 Å². The second-order valence-electron chi connectivity index (χ2n) is 2.85. The molecular formula is C8H12N2O2. The van der Waals surface area contributed by atoms with Crippen LogP contribution < -0.4 is 0 Å². The van der Waals surface area contributed by atoms with Crippen LogP contribution in [0.5, 0.6) is 0 Å². The lowest BCUT2D eigenvalue weighted by Crippen LogP contribution is -2.15. The minimum Gasteiger partial charge on any atom is -0.480 e. The summed E-state index contributed by atoms with van der Waals surface area (Å²) in [6.07, 6.45) is 1.74. The van der Waals surface area contributed by atoms with E-state index in [1.165, 1.54) is 0 Å². The molecule has 1 aromatic rings. The lowest BCUT2D eigenvalue weighted by molar-refractivity contribution is -0.140. The van der Waals surface area contributed by atoms with E-state index in [0.29, 0.717) is 0 Å². The van der Waals surface area contributed by atoms with Crippen molar-refractivity contribution in [1.82, 2.24) is 9.55 Å². The highest BCUT2D eigenvalue weighted by Gasteiger charge is 2.14. The van der Waals surface area contributed by atoms with Crippen molar-refractivity contribution in [2.75, 3.05) is 0 Å². The number of hydrogen-bond acceptors (Lipinski definition) is 2. The second kappa shape index (κ2) is 2.97. The maximum absolute atomic E-state index is 10.6.